The minimum Gasteiger partial charge on any atom is -0.483 e. The Morgan fingerprint density at radius 3 is 2.47 bits per heavy atom. The summed E-state index contributed by atoms with van der Waals surface area (Å²) in [5.41, 5.74) is -0.794. The smallest absolute Gasteiger partial charge is 0.418 e. The fraction of sp³-hybridized carbons (Fsp3) is 0.455. The molecule has 4 unspecified atom stereocenters. The Morgan fingerprint density at radius 1 is 1.00 bits per heavy atom. The van der Waals surface area contributed by atoms with E-state index in [0.717, 1.165) is 46.4 Å². The molecule has 0 radical (unpaired) electrons. The number of thioether (sulfide) groups is 1. The van der Waals surface area contributed by atoms with Crippen LogP contribution in [0.4, 0.5) is 18.9 Å². The highest BCUT2D eigenvalue weighted by atomic mass is 35.5. The summed E-state index contributed by atoms with van der Waals surface area (Å²) in [7, 11) is 0. The van der Waals surface area contributed by atoms with E-state index >= 15 is 0 Å². The molecule has 3 aromatic rings. The zero-order valence-electron chi connectivity index (χ0n) is 24.8. The molecule has 1 N–H and O–H groups in total. The van der Waals surface area contributed by atoms with Crippen LogP contribution in [0, 0.1) is 29.6 Å². The number of halogens is 4. The Hall–Kier alpha value is -3.29. The number of amides is 3. The van der Waals surface area contributed by atoms with Crippen molar-refractivity contribution in [2.24, 2.45) is 29.6 Å². The number of nitrogens with one attached hydrogen (secondary N) is 1. The van der Waals surface area contributed by atoms with Crippen molar-refractivity contribution < 1.29 is 32.3 Å². The van der Waals surface area contributed by atoms with Crippen LogP contribution in [0.25, 0.3) is 0 Å². The maximum Gasteiger partial charge on any atom is 0.418 e. The number of anilines is 1. The number of nitrogens with zero attached hydrogens (tertiary/aromatic N) is 2. The summed E-state index contributed by atoms with van der Waals surface area (Å²) in [4.78, 5) is 59.7. The second-order valence-corrected chi connectivity index (χ2v) is 15.5. The maximum atomic E-state index is 14.1. The lowest BCUT2D eigenvalue weighted by molar-refractivity contribution is -0.137. The van der Waals surface area contributed by atoms with Gasteiger partial charge in [-0.2, -0.15) is 13.2 Å². The molecule has 3 amide bonds. The molecular weight excluding hydrogens is 675 g/mol. The number of hydrogen-bond donors (Lipinski definition) is 1. The van der Waals surface area contributed by atoms with Crippen LogP contribution in [-0.2, 0) is 20.6 Å². The average molecular weight is 704 g/mol. The molecule has 2 bridgehead atoms. The van der Waals surface area contributed by atoms with Crippen LogP contribution in [0.15, 0.2) is 52.3 Å². The Labute approximate surface area is 280 Å². The monoisotopic (exact) mass is 703 g/mol. The lowest BCUT2D eigenvalue weighted by Gasteiger charge is -2.43. The molecule has 2 saturated heterocycles. The summed E-state index contributed by atoms with van der Waals surface area (Å²) in [6.45, 7) is 1.20. The highest BCUT2D eigenvalue weighted by molar-refractivity contribution is 8.00. The number of aromatic nitrogens is 1. The molecular formula is C33H29ClF3N3O5S2. The third-order valence-electron chi connectivity index (χ3n) is 10.5. The number of fused-ring (bicyclic) bond motifs is 9. The predicted octanol–water partition coefficient (Wildman–Crippen LogP) is 6.18. The standard InChI is InChI=1S/C33H29ClF3N3O5S2/c34-15-8-9-21(45-14-22(41)39-10-4-1-5-11-39)16(12-15)23-24-17-13-18(27(24)46-29-28(23)47-32(44)38-29)26-25(17)30(42)40(31(26)43)20-7-3-2-6-19(20)33(35,36)37/h2-3,6-9,12,17-18,23-27H,1,4-5,10-11,13-14H2,(H,38,44)/t17-,18-,23-,24?,25?,26?,27?/m1/s1. The fourth-order valence-corrected chi connectivity index (χ4v) is 11.8. The number of para-hydroxylation sites is 1. The van der Waals surface area contributed by atoms with Crippen molar-refractivity contribution in [1.29, 1.82) is 0 Å². The van der Waals surface area contributed by atoms with Crippen LogP contribution in [-0.4, -0.2) is 52.6 Å². The Balaban J connectivity index is 1.17. The molecule has 2 aromatic carbocycles. The lowest BCUT2D eigenvalue weighted by Crippen LogP contribution is -2.43. The summed E-state index contributed by atoms with van der Waals surface area (Å²) < 4.78 is 48.2. The Morgan fingerprint density at radius 2 is 1.72 bits per heavy atom. The summed E-state index contributed by atoms with van der Waals surface area (Å²) in [6.07, 6.45) is -1.21. The fourth-order valence-electron chi connectivity index (χ4n) is 8.78. The molecule has 3 aliphatic heterocycles. The molecule has 7 atom stereocenters. The van der Waals surface area contributed by atoms with Gasteiger partial charge in [0.05, 0.1) is 28.1 Å². The van der Waals surface area contributed by atoms with Gasteiger partial charge in [-0.3, -0.25) is 19.2 Å². The highest BCUT2D eigenvalue weighted by Gasteiger charge is 2.70. The highest BCUT2D eigenvalue weighted by Crippen LogP contribution is 2.69. The molecule has 2 aliphatic carbocycles. The number of alkyl halides is 3. The molecule has 47 heavy (non-hydrogen) atoms. The number of H-pyrrole nitrogens is 1. The zero-order valence-corrected chi connectivity index (χ0v) is 27.2. The maximum absolute atomic E-state index is 14.1. The summed E-state index contributed by atoms with van der Waals surface area (Å²) in [6, 6.07) is 9.85. The van der Waals surface area contributed by atoms with E-state index in [1.807, 2.05) is 0 Å². The van der Waals surface area contributed by atoms with Gasteiger partial charge in [-0.1, -0.05) is 35.1 Å². The van der Waals surface area contributed by atoms with E-state index in [9.17, 15) is 32.3 Å². The number of benzene rings is 2. The number of rotatable bonds is 5. The third kappa shape index (κ3) is 4.94. The number of thiazole rings is 1. The van der Waals surface area contributed by atoms with Crippen molar-refractivity contribution >= 4 is 58.1 Å². The Kier molecular flexibility index (Phi) is 7.53. The van der Waals surface area contributed by atoms with Crippen molar-refractivity contribution in [2.75, 3.05) is 24.6 Å². The van der Waals surface area contributed by atoms with Gasteiger partial charge < -0.3 is 14.6 Å². The van der Waals surface area contributed by atoms with Crippen molar-refractivity contribution in [1.82, 2.24) is 9.88 Å². The van der Waals surface area contributed by atoms with E-state index in [2.05, 4.69) is 4.98 Å². The van der Waals surface area contributed by atoms with Crippen molar-refractivity contribution in [2.45, 2.75) is 48.1 Å². The molecule has 5 aliphatic rings. The van der Waals surface area contributed by atoms with Gasteiger partial charge in [0.25, 0.3) is 5.91 Å². The summed E-state index contributed by atoms with van der Waals surface area (Å²) in [5.74, 6) is -3.76. The molecule has 8 nitrogen and oxygen atoms in total. The topological polar surface area (TPSA) is 99.8 Å². The van der Waals surface area contributed by atoms with E-state index in [1.54, 1.807) is 23.1 Å². The van der Waals surface area contributed by atoms with E-state index in [1.165, 1.54) is 30.0 Å². The number of piperidine rings is 1. The summed E-state index contributed by atoms with van der Waals surface area (Å²) >= 11 is 9.08. The van der Waals surface area contributed by atoms with Crippen molar-refractivity contribution in [3.8, 4) is 5.75 Å². The SMILES string of the molecule is O=C(COc1ccc(Cl)cc1[C@H]1c2sc(=O)[nH]c2SC2C1[C@H]1C[C@@H]2C2C(=O)N(c3ccccc3C(F)(F)F)C(=O)C21)N1CCCCC1. The number of aromatic amines is 1. The van der Waals surface area contributed by atoms with Gasteiger partial charge in [0.2, 0.25) is 11.8 Å². The van der Waals surface area contributed by atoms with E-state index in [0.29, 0.717) is 40.9 Å². The van der Waals surface area contributed by atoms with Crippen LogP contribution in [0.5, 0.6) is 5.75 Å². The van der Waals surface area contributed by atoms with Gasteiger partial charge in [-0.15, -0.1) is 11.8 Å². The quantitative estimate of drug-likeness (QED) is 0.319. The van der Waals surface area contributed by atoms with Crippen LogP contribution in [0.3, 0.4) is 0 Å². The first-order valence-electron chi connectivity index (χ1n) is 15.7. The van der Waals surface area contributed by atoms with Gasteiger partial charge >= 0.3 is 11.0 Å². The van der Waals surface area contributed by atoms with Gasteiger partial charge in [0.15, 0.2) is 6.61 Å². The first kappa shape index (κ1) is 31.0. The first-order chi connectivity index (χ1) is 22.5. The largest absolute Gasteiger partial charge is 0.483 e. The van der Waals surface area contributed by atoms with Gasteiger partial charge in [-0.25, -0.2) is 4.90 Å². The lowest BCUT2D eigenvalue weighted by atomic mass is 9.68. The number of carbonyl (C=O) groups is 3. The molecule has 8 rings (SSSR count). The van der Waals surface area contributed by atoms with Crippen LogP contribution in [0.1, 0.15) is 47.6 Å². The Bertz CT molecular complexity index is 1860. The normalized spacial score (nSPS) is 29.6. The first-order valence-corrected chi connectivity index (χ1v) is 17.7. The minimum atomic E-state index is -4.75. The number of imide groups is 1. The predicted molar refractivity (Wildman–Crippen MR) is 170 cm³/mol. The molecule has 0 spiro atoms. The van der Waals surface area contributed by atoms with Gasteiger partial charge in [0, 0.05) is 39.7 Å². The van der Waals surface area contributed by atoms with Gasteiger partial charge in [0.1, 0.15) is 5.75 Å². The number of hydrogen-bond acceptors (Lipinski definition) is 7. The summed E-state index contributed by atoms with van der Waals surface area (Å²) in [5, 5.41) is 0.902. The second kappa shape index (κ2) is 11.4. The van der Waals surface area contributed by atoms with Crippen LogP contribution >= 0.6 is 34.7 Å². The van der Waals surface area contributed by atoms with Crippen LogP contribution in [0.2, 0.25) is 5.02 Å². The zero-order chi connectivity index (χ0) is 32.8. The number of carbonyl (C=O) groups excluding carboxylic acids is 3. The number of ether oxygens (including phenoxy) is 1. The average Bonchev–Trinajstić information content (AvgIpc) is 3.79. The van der Waals surface area contributed by atoms with Crippen LogP contribution < -0.4 is 14.5 Å². The number of likely N-dealkylation sites (tertiary alicyclic amines) is 1. The van der Waals surface area contributed by atoms with E-state index < -0.39 is 47.0 Å². The molecule has 4 fully saturated rings. The third-order valence-corrected chi connectivity index (χ3v) is 13.4. The van der Waals surface area contributed by atoms with E-state index in [-0.39, 0.29) is 40.4 Å². The van der Waals surface area contributed by atoms with Gasteiger partial charge in [-0.05, 0) is 73.8 Å². The van der Waals surface area contributed by atoms with Crippen molar-refractivity contribution in [3.05, 3.63) is 73.2 Å². The molecule has 4 heterocycles. The minimum absolute atomic E-state index is 0.119. The van der Waals surface area contributed by atoms with E-state index in [4.69, 9.17) is 16.3 Å². The second-order valence-electron chi connectivity index (χ2n) is 12.9. The molecule has 14 heteroatoms. The van der Waals surface area contributed by atoms with Crippen molar-refractivity contribution in [3.63, 3.8) is 0 Å². The molecule has 2 saturated carbocycles. The molecule has 246 valence electrons. The molecule has 1 aromatic heterocycles.